The predicted molar refractivity (Wildman–Crippen MR) is 114 cm³/mol. The summed E-state index contributed by atoms with van der Waals surface area (Å²) in [6.07, 6.45) is 2.72. The van der Waals surface area contributed by atoms with Gasteiger partial charge in [0.1, 0.15) is 17.4 Å². The number of fused-ring (bicyclic) bond motifs is 3. The number of hydrogen-bond acceptors (Lipinski definition) is 5. The lowest BCUT2D eigenvalue weighted by Gasteiger charge is -2.44. The molecule has 0 bridgehead atoms. The number of carbonyl (C=O) groups excluding carboxylic acids is 1. The van der Waals surface area contributed by atoms with Crippen LogP contribution in [0.15, 0.2) is 52.0 Å². The lowest BCUT2D eigenvalue weighted by atomic mass is 9.70. The first kappa shape index (κ1) is 20.6. The van der Waals surface area contributed by atoms with Gasteiger partial charge in [-0.05, 0) is 63.3 Å². The Labute approximate surface area is 183 Å². The van der Waals surface area contributed by atoms with Crippen LogP contribution in [0.1, 0.15) is 56.9 Å². The molecule has 31 heavy (non-hydrogen) atoms. The molecule has 3 heterocycles. The molecular weight excluding hydrogens is 416 g/mol. The second-order valence-electron chi connectivity index (χ2n) is 9.79. The smallest absolute Gasteiger partial charge is 0.410 e. The van der Waals surface area contributed by atoms with Crippen molar-refractivity contribution < 1.29 is 22.4 Å². The summed E-state index contributed by atoms with van der Waals surface area (Å²) in [5.41, 5.74) is 0.105. The fourth-order valence-electron chi connectivity index (χ4n) is 5.69. The number of benzene rings is 1. The van der Waals surface area contributed by atoms with Crippen LogP contribution < -0.4 is 0 Å². The first-order chi connectivity index (χ1) is 14.6. The molecule has 0 unspecified atom stereocenters. The van der Waals surface area contributed by atoms with Crippen LogP contribution in [0.4, 0.5) is 4.79 Å². The van der Waals surface area contributed by atoms with Gasteiger partial charge in [0.15, 0.2) is 0 Å². The number of ether oxygens (including phenoxy) is 1. The quantitative estimate of drug-likeness (QED) is 0.696. The topological polar surface area (TPSA) is 80.1 Å². The SMILES string of the molecule is CC(C)(C)OC(=O)N1CC[C@]23CN(S(=O)(=O)c4ccccc4)CC[C@H]2c2ccoc2[C@H]13. The van der Waals surface area contributed by atoms with Crippen LogP contribution in [-0.4, -0.2) is 49.0 Å². The van der Waals surface area contributed by atoms with Crippen molar-refractivity contribution in [1.82, 2.24) is 9.21 Å². The molecule has 1 aliphatic carbocycles. The van der Waals surface area contributed by atoms with E-state index >= 15 is 0 Å². The fourth-order valence-corrected chi connectivity index (χ4v) is 7.24. The van der Waals surface area contributed by atoms with Gasteiger partial charge in [0.05, 0.1) is 11.2 Å². The van der Waals surface area contributed by atoms with E-state index in [1.165, 1.54) is 0 Å². The van der Waals surface area contributed by atoms with E-state index in [0.717, 1.165) is 11.3 Å². The molecule has 1 aromatic heterocycles. The first-order valence-electron chi connectivity index (χ1n) is 10.8. The van der Waals surface area contributed by atoms with Crippen LogP contribution in [0, 0.1) is 5.41 Å². The van der Waals surface area contributed by atoms with Crippen molar-refractivity contribution in [1.29, 1.82) is 0 Å². The molecule has 1 spiro atoms. The zero-order chi connectivity index (χ0) is 22.0. The fraction of sp³-hybridized carbons (Fsp3) is 0.522. The van der Waals surface area contributed by atoms with E-state index in [2.05, 4.69) is 0 Å². The van der Waals surface area contributed by atoms with Crippen LogP contribution in [-0.2, 0) is 14.8 Å². The lowest BCUT2D eigenvalue weighted by molar-refractivity contribution is 0.00876. The van der Waals surface area contributed by atoms with E-state index in [4.69, 9.17) is 9.15 Å². The zero-order valence-electron chi connectivity index (χ0n) is 18.1. The molecule has 166 valence electrons. The number of nitrogens with zero attached hydrogens (tertiary/aromatic N) is 2. The summed E-state index contributed by atoms with van der Waals surface area (Å²) in [5, 5.41) is 0. The summed E-state index contributed by atoms with van der Waals surface area (Å²) in [4.78, 5) is 15.1. The van der Waals surface area contributed by atoms with Crippen LogP contribution >= 0.6 is 0 Å². The molecule has 3 aliphatic rings. The van der Waals surface area contributed by atoms with E-state index < -0.39 is 21.0 Å². The first-order valence-corrected chi connectivity index (χ1v) is 12.2. The minimum atomic E-state index is -3.61. The summed E-state index contributed by atoms with van der Waals surface area (Å²) in [6.45, 7) is 6.88. The Kier molecular flexibility index (Phi) is 4.54. The maximum Gasteiger partial charge on any atom is 0.410 e. The van der Waals surface area contributed by atoms with Crippen molar-refractivity contribution in [3.63, 3.8) is 0 Å². The monoisotopic (exact) mass is 444 g/mol. The largest absolute Gasteiger partial charge is 0.467 e. The van der Waals surface area contributed by atoms with Crippen molar-refractivity contribution in [3.05, 3.63) is 54.0 Å². The van der Waals surface area contributed by atoms with Gasteiger partial charge in [-0.15, -0.1) is 0 Å². The summed E-state index contributed by atoms with van der Waals surface area (Å²) >= 11 is 0. The molecule has 5 rings (SSSR count). The summed E-state index contributed by atoms with van der Waals surface area (Å²) < 4.78 is 39.9. The highest BCUT2D eigenvalue weighted by Gasteiger charge is 2.64. The van der Waals surface area contributed by atoms with Crippen molar-refractivity contribution in [2.75, 3.05) is 19.6 Å². The number of likely N-dealkylation sites (tertiary alicyclic amines) is 1. The molecule has 2 aliphatic heterocycles. The van der Waals surface area contributed by atoms with Crippen LogP contribution in [0.25, 0.3) is 0 Å². The van der Waals surface area contributed by atoms with E-state index in [-0.39, 0.29) is 18.1 Å². The van der Waals surface area contributed by atoms with Gasteiger partial charge in [-0.2, -0.15) is 4.31 Å². The van der Waals surface area contributed by atoms with E-state index in [0.29, 0.717) is 37.4 Å². The molecule has 2 saturated heterocycles. The molecule has 1 aromatic carbocycles. The summed E-state index contributed by atoms with van der Waals surface area (Å²) in [6, 6.07) is 10.2. The Hall–Kier alpha value is -2.32. The number of furan rings is 1. The van der Waals surface area contributed by atoms with Gasteiger partial charge in [0.25, 0.3) is 0 Å². The molecule has 3 atom stereocenters. The number of sulfonamides is 1. The Morgan fingerprint density at radius 1 is 1.16 bits per heavy atom. The molecular formula is C23H28N2O5S. The lowest BCUT2D eigenvalue weighted by Crippen LogP contribution is -2.50. The van der Waals surface area contributed by atoms with Gasteiger partial charge in [-0.3, -0.25) is 4.90 Å². The third-order valence-corrected chi connectivity index (χ3v) is 8.73. The Morgan fingerprint density at radius 2 is 1.90 bits per heavy atom. The Bertz CT molecular complexity index is 1100. The summed E-state index contributed by atoms with van der Waals surface area (Å²) in [7, 11) is -3.61. The minimum Gasteiger partial charge on any atom is -0.467 e. The van der Waals surface area contributed by atoms with Crippen molar-refractivity contribution >= 4 is 16.1 Å². The highest BCUT2D eigenvalue weighted by molar-refractivity contribution is 7.89. The molecule has 0 N–H and O–H groups in total. The molecule has 2 aromatic rings. The molecule has 8 heteroatoms. The Morgan fingerprint density at radius 3 is 2.61 bits per heavy atom. The van der Waals surface area contributed by atoms with Crippen LogP contribution in [0.5, 0.6) is 0 Å². The van der Waals surface area contributed by atoms with Crippen LogP contribution in [0.3, 0.4) is 0 Å². The third-order valence-electron chi connectivity index (χ3n) is 6.87. The average molecular weight is 445 g/mol. The van der Waals surface area contributed by atoms with Gasteiger partial charge >= 0.3 is 6.09 Å². The van der Waals surface area contributed by atoms with Gasteiger partial charge in [0, 0.05) is 25.0 Å². The normalized spacial score (nSPS) is 28.2. The van der Waals surface area contributed by atoms with E-state index in [1.54, 1.807) is 39.7 Å². The second kappa shape index (κ2) is 6.84. The number of rotatable bonds is 2. The van der Waals surface area contributed by atoms with Gasteiger partial charge in [-0.25, -0.2) is 13.2 Å². The standard InChI is InChI=1S/C23H28N2O5S/c1-22(2,3)30-21(26)25-13-11-23-15-24(31(27,28)16-7-5-4-6-8-16)12-9-18(23)17-10-14-29-19(17)20(23)25/h4-8,10,14,18,20H,9,11-13,15H2,1-3H3/t18-,20-,23-/m0/s1. The average Bonchev–Trinajstić information content (AvgIpc) is 3.37. The maximum absolute atomic E-state index is 13.4. The Balaban J connectivity index is 1.51. The molecule has 2 fully saturated rings. The van der Waals surface area contributed by atoms with Gasteiger partial charge < -0.3 is 9.15 Å². The van der Waals surface area contributed by atoms with Crippen molar-refractivity contribution in [3.8, 4) is 0 Å². The molecule has 0 radical (unpaired) electrons. The second-order valence-corrected chi connectivity index (χ2v) is 11.7. The van der Waals surface area contributed by atoms with Crippen molar-refractivity contribution in [2.24, 2.45) is 5.41 Å². The molecule has 1 amide bonds. The zero-order valence-corrected chi connectivity index (χ0v) is 18.9. The highest BCUT2D eigenvalue weighted by atomic mass is 32.2. The molecule has 0 saturated carbocycles. The van der Waals surface area contributed by atoms with E-state index in [9.17, 15) is 13.2 Å². The summed E-state index contributed by atoms with van der Waals surface area (Å²) in [5.74, 6) is 0.952. The number of hydrogen-bond donors (Lipinski definition) is 0. The number of amides is 1. The maximum atomic E-state index is 13.4. The van der Waals surface area contributed by atoms with Crippen molar-refractivity contribution in [2.45, 2.75) is 56.1 Å². The minimum absolute atomic E-state index is 0.168. The predicted octanol–water partition coefficient (Wildman–Crippen LogP) is 4.14. The third kappa shape index (κ3) is 3.10. The molecule has 7 nitrogen and oxygen atoms in total. The number of piperidine rings is 1. The highest BCUT2D eigenvalue weighted by Crippen LogP contribution is 2.65. The van der Waals surface area contributed by atoms with Crippen LogP contribution in [0.2, 0.25) is 0 Å². The van der Waals surface area contributed by atoms with E-state index in [1.807, 2.05) is 32.9 Å². The number of carbonyl (C=O) groups is 1. The van der Waals surface area contributed by atoms with Gasteiger partial charge in [-0.1, -0.05) is 18.2 Å². The van der Waals surface area contributed by atoms with Gasteiger partial charge in [0.2, 0.25) is 10.0 Å².